The monoisotopic (exact) mass is 334 g/mol. The minimum absolute atomic E-state index is 0.0298. The van der Waals surface area contributed by atoms with Crippen LogP contribution in [0.1, 0.15) is 23.2 Å². The highest BCUT2D eigenvalue weighted by Crippen LogP contribution is 2.19. The Morgan fingerprint density at radius 1 is 1.56 bits per heavy atom. The van der Waals surface area contributed by atoms with Gasteiger partial charge in [0.05, 0.1) is 5.56 Å². The van der Waals surface area contributed by atoms with Crippen LogP contribution in [0.25, 0.3) is 0 Å². The Morgan fingerprint density at radius 2 is 2.22 bits per heavy atom. The van der Waals surface area contributed by atoms with Crippen LogP contribution in [0.5, 0.6) is 0 Å². The summed E-state index contributed by atoms with van der Waals surface area (Å²) in [5.74, 6) is -1.16. The molecule has 0 unspecified atom stereocenters. The van der Waals surface area contributed by atoms with E-state index in [1.807, 2.05) is 0 Å². The summed E-state index contributed by atoms with van der Waals surface area (Å²) in [7, 11) is 1.60. The Kier molecular flexibility index (Phi) is 5.55. The molecule has 0 fully saturated rings. The number of carbonyl (C=O) groups excluding carboxylic acids is 1. The smallest absolute Gasteiger partial charge is 0.303 e. The summed E-state index contributed by atoms with van der Waals surface area (Å²) in [6, 6.07) is 1.59. The maximum absolute atomic E-state index is 12.0. The van der Waals surface area contributed by atoms with E-state index < -0.39 is 5.97 Å². The number of aliphatic carboxylic acids is 1. The van der Waals surface area contributed by atoms with Crippen molar-refractivity contribution in [1.29, 1.82) is 0 Å². The van der Waals surface area contributed by atoms with Crippen molar-refractivity contribution >= 4 is 39.4 Å². The first-order valence-electron chi connectivity index (χ1n) is 5.20. The molecular formula is C11H12BrClN2O3. The van der Waals surface area contributed by atoms with Crippen molar-refractivity contribution < 1.29 is 14.7 Å². The molecule has 0 saturated heterocycles. The van der Waals surface area contributed by atoms with E-state index in [0.29, 0.717) is 23.0 Å². The summed E-state index contributed by atoms with van der Waals surface area (Å²) in [6.45, 7) is 0.355. The van der Waals surface area contributed by atoms with Crippen molar-refractivity contribution in [2.24, 2.45) is 0 Å². The Bertz CT molecular complexity index is 468. The first-order valence-corrected chi connectivity index (χ1v) is 6.37. The molecule has 0 aliphatic carbocycles. The molecule has 1 aromatic heterocycles. The Morgan fingerprint density at radius 3 is 2.83 bits per heavy atom. The van der Waals surface area contributed by atoms with Gasteiger partial charge < -0.3 is 10.0 Å². The van der Waals surface area contributed by atoms with E-state index in [4.69, 9.17) is 16.7 Å². The Hall–Kier alpha value is -1.14. The summed E-state index contributed by atoms with van der Waals surface area (Å²) in [4.78, 5) is 27.7. The predicted octanol–water partition coefficient (Wildman–Crippen LogP) is 2.43. The lowest BCUT2D eigenvalue weighted by Gasteiger charge is -2.17. The van der Waals surface area contributed by atoms with E-state index in [9.17, 15) is 9.59 Å². The van der Waals surface area contributed by atoms with Crippen molar-refractivity contribution in [3.05, 3.63) is 27.5 Å². The standard InChI is InChI=1S/C11H12BrClN2O3/c1-15(4-2-3-9(16)17)11(18)8-5-7(12)6-14-10(8)13/h5-6H,2-4H2,1H3,(H,16,17). The van der Waals surface area contributed by atoms with E-state index in [0.717, 1.165) is 0 Å². The number of rotatable bonds is 5. The first-order chi connectivity index (χ1) is 8.41. The van der Waals surface area contributed by atoms with Crippen molar-refractivity contribution in [3.63, 3.8) is 0 Å². The van der Waals surface area contributed by atoms with Gasteiger partial charge in [-0.1, -0.05) is 11.6 Å². The topological polar surface area (TPSA) is 70.5 Å². The zero-order valence-corrected chi connectivity index (χ0v) is 12.0. The number of aromatic nitrogens is 1. The van der Waals surface area contributed by atoms with Gasteiger partial charge in [0.15, 0.2) is 0 Å². The molecule has 5 nitrogen and oxygen atoms in total. The molecule has 1 heterocycles. The van der Waals surface area contributed by atoms with Gasteiger partial charge >= 0.3 is 5.97 Å². The SMILES string of the molecule is CN(CCCC(=O)O)C(=O)c1cc(Br)cnc1Cl. The van der Waals surface area contributed by atoms with Crippen molar-refractivity contribution in [1.82, 2.24) is 9.88 Å². The number of carboxylic acid groups (broad SMARTS) is 1. The Balaban J connectivity index is 2.68. The molecule has 0 aliphatic rings. The van der Waals surface area contributed by atoms with Crippen LogP contribution in [0.15, 0.2) is 16.7 Å². The lowest BCUT2D eigenvalue weighted by Crippen LogP contribution is -2.28. The molecule has 7 heteroatoms. The highest BCUT2D eigenvalue weighted by atomic mass is 79.9. The number of pyridine rings is 1. The number of carboxylic acids is 1. The molecule has 1 amide bonds. The molecule has 1 aromatic rings. The second-order valence-corrected chi connectivity index (χ2v) is 4.99. The third-order valence-electron chi connectivity index (χ3n) is 2.27. The van der Waals surface area contributed by atoms with Crippen LogP contribution in [-0.2, 0) is 4.79 Å². The highest BCUT2D eigenvalue weighted by molar-refractivity contribution is 9.10. The van der Waals surface area contributed by atoms with E-state index in [-0.39, 0.29) is 17.5 Å². The average molecular weight is 336 g/mol. The van der Waals surface area contributed by atoms with E-state index in [2.05, 4.69) is 20.9 Å². The molecule has 0 spiro atoms. The second-order valence-electron chi connectivity index (χ2n) is 3.72. The number of nitrogens with zero attached hydrogens (tertiary/aromatic N) is 2. The molecule has 0 atom stereocenters. The third-order valence-corrected chi connectivity index (χ3v) is 3.00. The molecular weight excluding hydrogens is 323 g/mol. The lowest BCUT2D eigenvalue weighted by atomic mass is 10.2. The first kappa shape index (κ1) is 14.9. The molecule has 0 bridgehead atoms. The summed E-state index contributed by atoms with van der Waals surface area (Å²) < 4.78 is 0.661. The van der Waals surface area contributed by atoms with Gasteiger partial charge in [0.1, 0.15) is 5.15 Å². The van der Waals surface area contributed by atoms with Gasteiger partial charge in [0, 0.05) is 30.7 Å². The van der Waals surface area contributed by atoms with Crippen LogP contribution in [0.3, 0.4) is 0 Å². The minimum atomic E-state index is -0.877. The van der Waals surface area contributed by atoms with Gasteiger partial charge in [-0.05, 0) is 28.4 Å². The molecule has 0 radical (unpaired) electrons. The van der Waals surface area contributed by atoms with Gasteiger partial charge in [0.2, 0.25) is 0 Å². The van der Waals surface area contributed by atoms with Gasteiger partial charge in [-0.25, -0.2) is 4.98 Å². The summed E-state index contributed by atoms with van der Waals surface area (Å²) in [5, 5.41) is 8.65. The number of hydrogen-bond acceptors (Lipinski definition) is 3. The number of amides is 1. The molecule has 1 N–H and O–H groups in total. The van der Waals surface area contributed by atoms with Gasteiger partial charge in [-0.3, -0.25) is 9.59 Å². The normalized spacial score (nSPS) is 10.2. The fourth-order valence-electron chi connectivity index (χ4n) is 1.35. The molecule has 0 aromatic carbocycles. The van der Waals surface area contributed by atoms with Crippen molar-refractivity contribution in [3.8, 4) is 0 Å². The molecule has 0 aliphatic heterocycles. The van der Waals surface area contributed by atoms with E-state index >= 15 is 0 Å². The van der Waals surface area contributed by atoms with E-state index in [1.54, 1.807) is 13.1 Å². The average Bonchev–Trinajstić information content (AvgIpc) is 2.30. The minimum Gasteiger partial charge on any atom is -0.481 e. The van der Waals surface area contributed by atoms with Crippen LogP contribution in [0, 0.1) is 0 Å². The zero-order valence-electron chi connectivity index (χ0n) is 9.69. The van der Waals surface area contributed by atoms with Crippen LogP contribution in [0.4, 0.5) is 0 Å². The van der Waals surface area contributed by atoms with Crippen LogP contribution < -0.4 is 0 Å². The van der Waals surface area contributed by atoms with Crippen molar-refractivity contribution in [2.45, 2.75) is 12.8 Å². The maximum atomic E-state index is 12.0. The van der Waals surface area contributed by atoms with Gasteiger partial charge in [-0.15, -0.1) is 0 Å². The fraction of sp³-hybridized carbons (Fsp3) is 0.364. The number of hydrogen-bond donors (Lipinski definition) is 1. The molecule has 0 saturated carbocycles. The fourth-order valence-corrected chi connectivity index (χ4v) is 1.86. The van der Waals surface area contributed by atoms with Crippen LogP contribution >= 0.6 is 27.5 Å². The lowest BCUT2D eigenvalue weighted by molar-refractivity contribution is -0.137. The molecule has 1 rings (SSSR count). The van der Waals surface area contributed by atoms with Crippen molar-refractivity contribution in [2.75, 3.05) is 13.6 Å². The summed E-state index contributed by atoms with van der Waals surface area (Å²) >= 11 is 9.06. The quantitative estimate of drug-likeness (QED) is 0.839. The predicted molar refractivity (Wildman–Crippen MR) is 70.8 cm³/mol. The molecule has 18 heavy (non-hydrogen) atoms. The Labute approximate surface area is 118 Å². The highest BCUT2D eigenvalue weighted by Gasteiger charge is 2.16. The number of carbonyl (C=O) groups is 2. The van der Waals surface area contributed by atoms with Gasteiger partial charge in [-0.2, -0.15) is 0 Å². The zero-order chi connectivity index (χ0) is 13.7. The van der Waals surface area contributed by atoms with E-state index in [1.165, 1.54) is 11.1 Å². The maximum Gasteiger partial charge on any atom is 0.303 e. The van der Waals surface area contributed by atoms with Crippen LogP contribution in [0.2, 0.25) is 5.15 Å². The number of halogens is 2. The van der Waals surface area contributed by atoms with Crippen LogP contribution in [-0.4, -0.2) is 40.5 Å². The summed E-state index contributed by atoms with van der Waals surface area (Å²) in [5.41, 5.74) is 0.295. The largest absolute Gasteiger partial charge is 0.481 e. The molecule has 98 valence electrons. The summed E-state index contributed by atoms with van der Waals surface area (Å²) in [6.07, 6.45) is 1.93. The van der Waals surface area contributed by atoms with Gasteiger partial charge in [0.25, 0.3) is 5.91 Å². The third kappa shape index (κ3) is 4.27. The second kappa shape index (κ2) is 6.70.